The van der Waals surface area contributed by atoms with Gasteiger partial charge in [-0.05, 0) is 32.9 Å². The third-order valence-electron chi connectivity index (χ3n) is 2.46. The van der Waals surface area contributed by atoms with Crippen molar-refractivity contribution in [3.05, 3.63) is 5.89 Å². The van der Waals surface area contributed by atoms with Gasteiger partial charge in [-0.15, -0.1) is 0 Å². The van der Waals surface area contributed by atoms with Gasteiger partial charge < -0.3 is 9.42 Å². The second-order valence-electron chi connectivity index (χ2n) is 3.44. The molecule has 0 bridgehead atoms. The number of rotatable bonds is 5. The summed E-state index contributed by atoms with van der Waals surface area (Å²) in [6.07, 6.45) is 0. The van der Waals surface area contributed by atoms with E-state index >= 15 is 0 Å². The predicted octanol–water partition coefficient (Wildman–Crippen LogP) is 1.61. The van der Waals surface area contributed by atoms with E-state index in [0.717, 1.165) is 13.1 Å². The van der Waals surface area contributed by atoms with Crippen molar-refractivity contribution in [3.63, 3.8) is 0 Å². The van der Waals surface area contributed by atoms with E-state index < -0.39 is 0 Å². The van der Waals surface area contributed by atoms with Crippen LogP contribution in [0.3, 0.4) is 0 Å². The van der Waals surface area contributed by atoms with Crippen LogP contribution in [0.15, 0.2) is 4.52 Å². The number of hydrogen-bond acceptors (Lipinski definition) is 5. The summed E-state index contributed by atoms with van der Waals surface area (Å²) in [4.78, 5) is 17.3. The second kappa shape index (κ2) is 4.91. The molecule has 5 nitrogen and oxygen atoms in total. The minimum absolute atomic E-state index is 0.0322. The first-order valence-corrected chi connectivity index (χ1v) is 5.19. The maximum absolute atomic E-state index is 11.1. The third-order valence-corrected chi connectivity index (χ3v) is 2.46. The van der Waals surface area contributed by atoms with Crippen molar-refractivity contribution in [2.45, 2.75) is 33.6 Å². The molecule has 1 aromatic heterocycles. The molecule has 0 saturated carbocycles. The highest BCUT2D eigenvalue weighted by Crippen LogP contribution is 2.17. The quantitative estimate of drug-likeness (QED) is 0.740. The minimum atomic E-state index is -0.318. The van der Waals surface area contributed by atoms with E-state index in [1.165, 1.54) is 6.92 Å². The lowest BCUT2D eigenvalue weighted by atomic mass is 10.1. The van der Waals surface area contributed by atoms with Gasteiger partial charge in [-0.1, -0.05) is 0 Å². The smallest absolute Gasteiger partial charge is 0.266 e. The number of hydrogen-bond donors (Lipinski definition) is 0. The minimum Gasteiger partial charge on any atom is -0.339 e. The zero-order chi connectivity index (χ0) is 11.4. The lowest BCUT2D eigenvalue weighted by Gasteiger charge is -2.14. The Morgan fingerprint density at radius 3 is 2.53 bits per heavy atom. The lowest BCUT2D eigenvalue weighted by Crippen LogP contribution is -2.23. The SMILES string of the molecule is CCN(CC)c1noc(C(C)C(C)=O)n1. The van der Waals surface area contributed by atoms with Gasteiger partial charge in [0, 0.05) is 13.1 Å². The Labute approximate surface area is 89.5 Å². The molecule has 1 atom stereocenters. The Hall–Kier alpha value is -1.39. The van der Waals surface area contributed by atoms with Crippen LogP contribution in [0.1, 0.15) is 39.5 Å². The topological polar surface area (TPSA) is 59.2 Å². The Bertz CT molecular complexity index is 331. The number of carbonyl (C=O) groups excluding carboxylic acids is 1. The van der Waals surface area contributed by atoms with Gasteiger partial charge in [-0.25, -0.2) is 0 Å². The molecule has 0 aliphatic carbocycles. The van der Waals surface area contributed by atoms with Gasteiger partial charge in [0.1, 0.15) is 5.78 Å². The Kier molecular flexibility index (Phi) is 3.82. The van der Waals surface area contributed by atoms with Crippen molar-refractivity contribution >= 4 is 11.7 Å². The zero-order valence-corrected chi connectivity index (χ0v) is 9.65. The summed E-state index contributed by atoms with van der Waals surface area (Å²) in [5, 5.41) is 3.85. The molecule has 1 aromatic rings. The maximum atomic E-state index is 11.1. The van der Waals surface area contributed by atoms with E-state index in [2.05, 4.69) is 10.1 Å². The average Bonchev–Trinajstić information content (AvgIpc) is 2.67. The Balaban J connectivity index is 2.84. The van der Waals surface area contributed by atoms with Crippen LogP contribution in [-0.2, 0) is 4.79 Å². The van der Waals surface area contributed by atoms with Gasteiger partial charge in [-0.2, -0.15) is 4.98 Å². The van der Waals surface area contributed by atoms with Crippen molar-refractivity contribution in [1.29, 1.82) is 0 Å². The van der Waals surface area contributed by atoms with Crippen molar-refractivity contribution in [3.8, 4) is 0 Å². The molecule has 0 aliphatic rings. The highest BCUT2D eigenvalue weighted by Gasteiger charge is 2.19. The van der Waals surface area contributed by atoms with Crippen molar-refractivity contribution in [1.82, 2.24) is 10.1 Å². The average molecular weight is 211 g/mol. The number of carbonyl (C=O) groups is 1. The molecule has 0 spiro atoms. The van der Waals surface area contributed by atoms with Gasteiger partial charge >= 0.3 is 0 Å². The van der Waals surface area contributed by atoms with E-state index in [9.17, 15) is 4.79 Å². The molecule has 0 radical (unpaired) electrons. The molecule has 1 unspecified atom stereocenters. The zero-order valence-electron chi connectivity index (χ0n) is 9.65. The van der Waals surface area contributed by atoms with Crippen LogP contribution in [-0.4, -0.2) is 29.0 Å². The van der Waals surface area contributed by atoms with Crippen molar-refractivity contribution in [2.24, 2.45) is 0 Å². The molecule has 0 aliphatic heterocycles. The monoisotopic (exact) mass is 211 g/mol. The first-order valence-electron chi connectivity index (χ1n) is 5.19. The predicted molar refractivity (Wildman–Crippen MR) is 57.0 cm³/mol. The Morgan fingerprint density at radius 2 is 2.07 bits per heavy atom. The summed E-state index contributed by atoms with van der Waals surface area (Å²) in [6.45, 7) is 8.98. The molecule has 0 aromatic carbocycles. The van der Waals surface area contributed by atoms with Crippen LogP contribution >= 0.6 is 0 Å². The largest absolute Gasteiger partial charge is 0.339 e. The first kappa shape index (κ1) is 11.7. The third kappa shape index (κ3) is 2.55. The fourth-order valence-corrected chi connectivity index (χ4v) is 1.21. The van der Waals surface area contributed by atoms with E-state index in [-0.39, 0.29) is 11.7 Å². The standard InChI is InChI=1S/C10H17N3O2/c1-5-13(6-2)10-11-9(15-12-10)7(3)8(4)14/h7H,5-6H2,1-4H3. The number of nitrogens with zero attached hydrogens (tertiary/aromatic N) is 3. The summed E-state index contributed by atoms with van der Waals surface area (Å²) < 4.78 is 5.05. The van der Waals surface area contributed by atoms with E-state index in [1.807, 2.05) is 18.7 Å². The lowest BCUT2D eigenvalue weighted by molar-refractivity contribution is -0.118. The van der Waals surface area contributed by atoms with Gasteiger partial charge in [0.25, 0.3) is 5.95 Å². The van der Waals surface area contributed by atoms with Crippen LogP contribution in [0, 0.1) is 0 Å². The van der Waals surface area contributed by atoms with Gasteiger partial charge in [0.05, 0.1) is 5.92 Å². The molecule has 5 heteroatoms. The summed E-state index contributed by atoms with van der Waals surface area (Å²) in [7, 11) is 0. The van der Waals surface area contributed by atoms with Gasteiger partial charge in [-0.3, -0.25) is 4.79 Å². The molecule has 1 rings (SSSR count). The van der Waals surface area contributed by atoms with Crippen molar-refractivity contribution in [2.75, 3.05) is 18.0 Å². The molecule has 0 fully saturated rings. The molecular weight excluding hydrogens is 194 g/mol. The molecule has 84 valence electrons. The van der Waals surface area contributed by atoms with Gasteiger partial charge in [0.2, 0.25) is 5.89 Å². The van der Waals surface area contributed by atoms with E-state index in [4.69, 9.17) is 4.52 Å². The fraction of sp³-hybridized carbons (Fsp3) is 0.700. The normalized spacial score (nSPS) is 12.5. The Morgan fingerprint density at radius 1 is 1.47 bits per heavy atom. The number of ketones is 1. The van der Waals surface area contributed by atoms with E-state index in [1.54, 1.807) is 6.92 Å². The maximum Gasteiger partial charge on any atom is 0.266 e. The molecule has 0 N–H and O–H groups in total. The summed E-state index contributed by atoms with van der Waals surface area (Å²) in [6, 6.07) is 0. The second-order valence-corrected chi connectivity index (χ2v) is 3.44. The highest BCUT2D eigenvalue weighted by molar-refractivity contribution is 5.81. The molecule has 0 amide bonds. The molecule has 15 heavy (non-hydrogen) atoms. The molecule has 0 saturated heterocycles. The van der Waals surface area contributed by atoms with Crippen molar-refractivity contribution < 1.29 is 9.32 Å². The fourth-order valence-electron chi connectivity index (χ4n) is 1.21. The summed E-state index contributed by atoms with van der Waals surface area (Å²) >= 11 is 0. The number of Topliss-reactive ketones (excluding diaryl/α,β-unsaturated/α-hetero) is 1. The van der Waals surface area contributed by atoms with Crippen LogP contribution in [0.25, 0.3) is 0 Å². The molecule has 1 heterocycles. The first-order chi connectivity index (χ1) is 7.10. The van der Waals surface area contributed by atoms with Crippen LogP contribution < -0.4 is 4.90 Å². The summed E-state index contributed by atoms with van der Waals surface area (Å²) in [5.74, 6) is 0.666. The van der Waals surface area contributed by atoms with E-state index in [0.29, 0.717) is 11.8 Å². The summed E-state index contributed by atoms with van der Waals surface area (Å²) in [5.41, 5.74) is 0. The highest BCUT2D eigenvalue weighted by atomic mass is 16.5. The van der Waals surface area contributed by atoms with Crippen LogP contribution in [0.5, 0.6) is 0 Å². The van der Waals surface area contributed by atoms with Gasteiger partial charge in [0.15, 0.2) is 0 Å². The number of aromatic nitrogens is 2. The number of anilines is 1. The molecular formula is C10H17N3O2. The van der Waals surface area contributed by atoms with Crippen LogP contribution in [0.4, 0.5) is 5.95 Å². The van der Waals surface area contributed by atoms with Crippen LogP contribution in [0.2, 0.25) is 0 Å².